The molecule has 4 heteroatoms. The van der Waals surface area contributed by atoms with Gasteiger partial charge in [-0.3, -0.25) is 4.79 Å². The molecule has 0 spiro atoms. The molecule has 2 rings (SSSR count). The second kappa shape index (κ2) is 6.90. The summed E-state index contributed by atoms with van der Waals surface area (Å²) in [5.41, 5.74) is 1.86. The molecule has 2 aromatic carbocycles. The Kier molecular flexibility index (Phi) is 4.95. The van der Waals surface area contributed by atoms with Crippen molar-refractivity contribution in [1.82, 2.24) is 5.32 Å². The number of carbonyl (C=O) groups is 1. The van der Waals surface area contributed by atoms with E-state index in [0.29, 0.717) is 17.5 Å². The molecule has 0 radical (unpaired) electrons. The number of ether oxygens (including phenoxy) is 1. The first-order chi connectivity index (χ1) is 10.1. The summed E-state index contributed by atoms with van der Waals surface area (Å²) in [7, 11) is 1.93. The Morgan fingerprint density at radius 2 is 1.76 bits per heavy atom. The Hall–Kier alpha value is -2.33. The molecule has 0 saturated carbocycles. The standard InChI is InChI=1S/C17H20N2O2/c1-12(18-3)14-8-10-15(11-9-14)21-17-7-5-4-6-16(17)19-13(2)20/h4-12,18H,1-3H3,(H,19,20). The van der Waals surface area contributed by atoms with Crippen molar-refractivity contribution in [2.45, 2.75) is 19.9 Å². The van der Waals surface area contributed by atoms with Gasteiger partial charge in [-0.15, -0.1) is 0 Å². The topological polar surface area (TPSA) is 50.4 Å². The molecule has 0 aliphatic carbocycles. The van der Waals surface area contributed by atoms with Crippen LogP contribution in [0.4, 0.5) is 5.69 Å². The number of rotatable bonds is 5. The van der Waals surface area contributed by atoms with Crippen molar-refractivity contribution in [2.75, 3.05) is 12.4 Å². The molecule has 0 aromatic heterocycles. The maximum Gasteiger partial charge on any atom is 0.221 e. The van der Waals surface area contributed by atoms with Crippen LogP contribution in [0.1, 0.15) is 25.5 Å². The number of amides is 1. The summed E-state index contributed by atoms with van der Waals surface area (Å²) in [6.07, 6.45) is 0. The van der Waals surface area contributed by atoms with Crippen LogP contribution in [0, 0.1) is 0 Å². The fourth-order valence-corrected chi connectivity index (χ4v) is 1.97. The van der Waals surface area contributed by atoms with Crippen molar-refractivity contribution >= 4 is 11.6 Å². The summed E-state index contributed by atoms with van der Waals surface area (Å²) in [5, 5.41) is 5.95. The summed E-state index contributed by atoms with van der Waals surface area (Å²) in [6, 6.07) is 15.6. The predicted molar refractivity (Wildman–Crippen MR) is 84.7 cm³/mol. The van der Waals surface area contributed by atoms with Crippen LogP contribution in [0.5, 0.6) is 11.5 Å². The Balaban J connectivity index is 2.16. The maximum absolute atomic E-state index is 11.2. The number of nitrogens with one attached hydrogen (secondary N) is 2. The molecule has 0 saturated heterocycles. The van der Waals surface area contributed by atoms with Crippen molar-refractivity contribution in [3.05, 3.63) is 54.1 Å². The van der Waals surface area contributed by atoms with Gasteiger partial charge in [0.1, 0.15) is 5.75 Å². The normalized spacial score (nSPS) is 11.8. The van der Waals surface area contributed by atoms with Crippen molar-refractivity contribution < 1.29 is 9.53 Å². The van der Waals surface area contributed by atoms with Crippen LogP contribution >= 0.6 is 0 Å². The summed E-state index contributed by atoms with van der Waals surface area (Å²) >= 11 is 0. The van der Waals surface area contributed by atoms with E-state index in [2.05, 4.69) is 17.6 Å². The highest BCUT2D eigenvalue weighted by Crippen LogP contribution is 2.29. The first-order valence-electron chi connectivity index (χ1n) is 6.92. The molecule has 0 heterocycles. The van der Waals surface area contributed by atoms with Crippen molar-refractivity contribution in [2.24, 2.45) is 0 Å². The quantitative estimate of drug-likeness (QED) is 0.880. The third-order valence-corrected chi connectivity index (χ3v) is 3.24. The fourth-order valence-electron chi connectivity index (χ4n) is 1.97. The van der Waals surface area contributed by atoms with Gasteiger partial charge in [0.2, 0.25) is 5.91 Å². The van der Waals surface area contributed by atoms with E-state index in [4.69, 9.17) is 4.74 Å². The van der Waals surface area contributed by atoms with Crippen LogP contribution in [-0.4, -0.2) is 13.0 Å². The van der Waals surface area contributed by atoms with Crippen molar-refractivity contribution in [3.8, 4) is 11.5 Å². The van der Waals surface area contributed by atoms with Gasteiger partial charge in [0.25, 0.3) is 0 Å². The number of carbonyl (C=O) groups excluding carboxylic acids is 1. The van der Waals surface area contributed by atoms with Gasteiger partial charge in [-0.05, 0) is 43.8 Å². The number of hydrogen-bond acceptors (Lipinski definition) is 3. The molecular formula is C17H20N2O2. The molecule has 1 atom stereocenters. The molecule has 110 valence electrons. The maximum atomic E-state index is 11.2. The van der Waals surface area contributed by atoms with Gasteiger partial charge >= 0.3 is 0 Å². The first kappa shape index (κ1) is 15.1. The Bertz CT molecular complexity index is 608. The van der Waals surface area contributed by atoms with E-state index in [1.165, 1.54) is 12.5 Å². The second-order valence-corrected chi connectivity index (χ2v) is 4.86. The highest BCUT2D eigenvalue weighted by atomic mass is 16.5. The molecule has 2 aromatic rings. The van der Waals surface area contributed by atoms with Crippen molar-refractivity contribution in [3.63, 3.8) is 0 Å². The zero-order chi connectivity index (χ0) is 15.2. The van der Waals surface area contributed by atoms with Crippen LogP contribution < -0.4 is 15.4 Å². The van der Waals surface area contributed by atoms with Gasteiger partial charge in [-0.25, -0.2) is 0 Å². The van der Waals surface area contributed by atoms with E-state index in [1.54, 1.807) is 0 Å². The first-order valence-corrected chi connectivity index (χ1v) is 6.92. The van der Waals surface area contributed by atoms with Gasteiger partial charge in [0, 0.05) is 13.0 Å². The van der Waals surface area contributed by atoms with Crippen LogP contribution in [0.2, 0.25) is 0 Å². The van der Waals surface area contributed by atoms with Gasteiger partial charge in [-0.1, -0.05) is 24.3 Å². The lowest BCUT2D eigenvalue weighted by Crippen LogP contribution is -2.11. The van der Waals surface area contributed by atoms with E-state index in [0.717, 1.165) is 5.75 Å². The van der Waals surface area contributed by atoms with E-state index in [9.17, 15) is 4.79 Å². The lowest BCUT2D eigenvalue weighted by Gasteiger charge is -2.13. The molecule has 1 amide bonds. The van der Waals surface area contributed by atoms with E-state index in [1.807, 2.05) is 55.6 Å². The number of benzene rings is 2. The molecule has 21 heavy (non-hydrogen) atoms. The lowest BCUT2D eigenvalue weighted by molar-refractivity contribution is -0.114. The molecule has 0 bridgehead atoms. The molecule has 0 fully saturated rings. The molecule has 0 aliphatic rings. The molecular weight excluding hydrogens is 264 g/mol. The van der Waals surface area contributed by atoms with Gasteiger partial charge in [0.05, 0.1) is 5.69 Å². The average molecular weight is 284 g/mol. The van der Waals surface area contributed by atoms with Gasteiger partial charge in [-0.2, -0.15) is 0 Å². The third-order valence-electron chi connectivity index (χ3n) is 3.24. The van der Waals surface area contributed by atoms with E-state index < -0.39 is 0 Å². The lowest BCUT2D eigenvalue weighted by atomic mass is 10.1. The second-order valence-electron chi connectivity index (χ2n) is 4.86. The zero-order valence-corrected chi connectivity index (χ0v) is 12.5. The third kappa shape index (κ3) is 4.07. The van der Waals surface area contributed by atoms with Gasteiger partial charge < -0.3 is 15.4 Å². The summed E-state index contributed by atoms with van der Waals surface area (Å²) < 4.78 is 5.84. The van der Waals surface area contributed by atoms with Crippen LogP contribution in [-0.2, 0) is 4.79 Å². The van der Waals surface area contributed by atoms with E-state index in [-0.39, 0.29) is 5.91 Å². The largest absolute Gasteiger partial charge is 0.455 e. The highest BCUT2D eigenvalue weighted by molar-refractivity contribution is 5.90. The van der Waals surface area contributed by atoms with Crippen LogP contribution in [0.15, 0.2) is 48.5 Å². The zero-order valence-electron chi connectivity index (χ0n) is 12.5. The SMILES string of the molecule is CNC(C)c1ccc(Oc2ccccc2NC(C)=O)cc1. The van der Waals surface area contributed by atoms with E-state index >= 15 is 0 Å². The minimum absolute atomic E-state index is 0.121. The fraction of sp³-hybridized carbons (Fsp3) is 0.235. The number of anilines is 1. The smallest absolute Gasteiger partial charge is 0.221 e. The Morgan fingerprint density at radius 3 is 2.38 bits per heavy atom. The molecule has 0 aliphatic heterocycles. The highest BCUT2D eigenvalue weighted by Gasteiger charge is 2.07. The number of para-hydroxylation sites is 2. The summed E-state index contributed by atoms with van der Waals surface area (Å²) in [4.78, 5) is 11.2. The average Bonchev–Trinajstić information content (AvgIpc) is 2.49. The molecule has 2 N–H and O–H groups in total. The number of hydrogen-bond donors (Lipinski definition) is 2. The minimum atomic E-state index is -0.121. The van der Waals surface area contributed by atoms with Crippen LogP contribution in [0.3, 0.4) is 0 Å². The Morgan fingerprint density at radius 1 is 1.10 bits per heavy atom. The van der Waals surface area contributed by atoms with Crippen LogP contribution in [0.25, 0.3) is 0 Å². The van der Waals surface area contributed by atoms with Gasteiger partial charge in [0.15, 0.2) is 5.75 Å². The summed E-state index contributed by atoms with van der Waals surface area (Å²) in [6.45, 7) is 3.58. The Labute approximate surface area is 125 Å². The predicted octanol–water partition coefficient (Wildman–Crippen LogP) is 3.72. The monoisotopic (exact) mass is 284 g/mol. The minimum Gasteiger partial charge on any atom is -0.455 e. The summed E-state index contributed by atoms with van der Waals surface area (Å²) in [5.74, 6) is 1.24. The van der Waals surface area contributed by atoms with Crippen molar-refractivity contribution in [1.29, 1.82) is 0 Å². The molecule has 4 nitrogen and oxygen atoms in total. The molecule has 1 unspecified atom stereocenters.